The molecule has 6 atom stereocenters. The number of aliphatic hydroxyl groups excluding tert-OH is 1. The summed E-state index contributed by atoms with van der Waals surface area (Å²) in [6, 6.07) is 28.9. The quantitative estimate of drug-likeness (QED) is 0.307. The molecular formula is C33H38O8. The molecule has 0 saturated carbocycles. The van der Waals surface area contributed by atoms with E-state index in [1.807, 2.05) is 66.7 Å². The third-order valence-electron chi connectivity index (χ3n) is 7.29. The molecule has 2 aliphatic rings. The second-order valence-corrected chi connectivity index (χ2v) is 10.4. The van der Waals surface area contributed by atoms with Gasteiger partial charge in [-0.25, -0.2) is 4.79 Å². The number of esters is 1. The van der Waals surface area contributed by atoms with Crippen LogP contribution in [-0.4, -0.2) is 61.3 Å². The van der Waals surface area contributed by atoms with E-state index in [0.29, 0.717) is 44.6 Å². The summed E-state index contributed by atoms with van der Waals surface area (Å²) in [7, 11) is 0. The topological polar surface area (TPSA) is 92.7 Å². The van der Waals surface area contributed by atoms with Crippen molar-refractivity contribution >= 4 is 5.97 Å². The van der Waals surface area contributed by atoms with Crippen LogP contribution in [0.2, 0.25) is 0 Å². The van der Waals surface area contributed by atoms with Crippen molar-refractivity contribution in [2.45, 2.75) is 75.9 Å². The number of aliphatic hydroxyl groups is 1. The highest BCUT2D eigenvalue weighted by Crippen LogP contribution is 2.29. The van der Waals surface area contributed by atoms with Crippen LogP contribution in [-0.2, 0) is 41.6 Å². The minimum Gasteiger partial charge on any atom is -0.459 e. The van der Waals surface area contributed by atoms with Crippen molar-refractivity contribution in [1.82, 2.24) is 0 Å². The van der Waals surface area contributed by atoms with Crippen LogP contribution >= 0.6 is 0 Å². The SMILES string of the molecule is O=C(OC[C@H]1O[C@H](O)CC[C@@H]1O[C@@H]1CC[C@H](OCc2ccccc2)[C@@H](COCc2ccccc2)O1)c1ccccc1. The molecule has 41 heavy (non-hydrogen) atoms. The van der Waals surface area contributed by atoms with Crippen molar-refractivity contribution in [3.05, 3.63) is 108 Å². The number of carbonyl (C=O) groups excluding carboxylic acids is 1. The molecule has 0 unspecified atom stereocenters. The van der Waals surface area contributed by atoms with E-state index in [9.17, 15) is 9.90 Å². The lowest BCUT2D eigenvalue weighted by Gasteiger charge is -2.40. The number of carbonyl (C=O) groups is 1. The first kappa shape index (κ1) is 29.4. The molecule has 0 aromatic heterocycles. The summed E-state index contributed by atoms with van der Waals surface area (Å²) in [6.45, 7) is 1.28. The molecule has 5 rings (SSSR count). The fraction of sp³-hybridized carbons (Fsp3) is 0.424. The van der Waals surface area contributed by atoms with Crippen molar-refractivity contribution in [2.75, 3.05) is 13.2 Å². The molecule has 3 aromatic rings. The summed E-state index contributed by atoms with van der Waals surface area (Å²) in [5.41, 5.74) is 2.64. The Morgan fingerprint density at radius 2 is 1.32 bits per heavy atom. The van der Waals surface area contributed by atoms with Gasteiger partial charge in [0.1, 0.15) is 18.8 Å². The monoisotopic (exact) mass is 562 g/mol. The summed E-state index contributed by atoms with van der Waals surface area (Å²) in [5.74, 6) is -0.448. The minimum atomic E-state index is -0.933. The van der Waals surface area contributed by atoms with E-state index in [-0.39, 0.29) is 18.8 Å². The minimum absolute atomic E-state index is 0.0331. The standard InChI is InChI=1S/C33H38O8/c34-31-18-16-28(30(39-31)23-38-33(35)26-14-8-3-9-15-26)40-32-19-17-27(37-21-25-12-6-2-7-13-25)29(41-32)22-36-20-24-10-4-1-5-11-24/h1-15,27-32,34H,16-23H2/t27-,28-,29+,30+,31-,32-/m0/s1. The van der Waals surface area contributed by atoms with Gasteiger partial charge in [-0.05, 0) is 36.1 Å². The van der Waals surface area contributed by atoms with Gasteiger partial charge in [0.25, 0.3) is 0 Å². The smallest absolute Gasteiger partial charge is 0.338 e. The molecule has 218 valence electrons. The highest BCUT2D eigenvalue weighted by atomic mass is 16.7. The van der Waals surface area contributed by atoms with E-state index < -0.39 is 30.8 Å². The van der Waals surface area contributed by atoms with Gasteiger partial charge in [-0.1, -0.05) is 78.9 Å². The molecule has 0 spiro atoms. The lowest BCUT2D eigenvalue weighted by atomic mass is 10.0. The van der Waals surface area contributed by atoms with Crippen LogP contribution in [0.15, 0.2) is 91.0 Å². The van der Waals surface area contributed by atoms with Crippen LogP contribution in [0.5, 0.6) is 0 Å². The fourth-order valence-electron chi connectivity index (χ4n) is 5.08. The maximum absolute atomic E-state index is 12.5. The zero-order valence-corrected chi connectivity index (χ0v) is 23.1. The summed E-state index contributed by atoms with van der Waals surface area (Å²) in [6.07, 6.45) is -0.598. The molecule has 0 amide bonds. The Morgan fingerprint density at radius 3 is 2.02 bits per heavy atom. The van der Waals surface area contributed by atoms with E-state index in [4.69, 9.17) is 28.4 Å². The Bertz CT molecular complexity index is 1180. The van der Waals surface area contributed by atoms with E-state index >= 15 is 0 Å². The predicted octanol–water partition coefficient (Wildman–Crippen LogP) is 5.03. The second-order valence-electron chi connectivity index (χ2n) is 10.4. The number of benzene rings is 3. The zero-order valence-electron chi connectivity index (χ0n) is 23.1. The van der Waals surface area contributed by atoms with Crippen molar-refractivity contribution in [1.29, 1.82) is 0 Å². The maximum Gasteiger partial charge on any atom is 0.338 e. The maximum atomic E-state index is 12.5. The van der Waals surface area contributed by atoms with Crippen LogP contribution in [0.4, 0.5) is 0 Å². The third-order valence-corrected chi connectivity index (χ3v) is 7.29. The lowest BCUT2D eigenvalue weighted by Crippen LogP contribution is -2.49. The van der Waals surface area contributed by atoms with Gasteiger partial charge in [0.15, 0.2) is 12.6 Å². The van der Waals surface area contributed by atoms with E-state index in [2.05, 4.69) is 0 Å². The van der Waals surface area contributed by atoms with Gasteiger partial charge >= 0.3 is 5.97 Å². The fourth-order valence-corrected chi connectivity index (χ4v) is 5.08. The molecule has 1 N–H and O–H groups in total. The van der Waals surface area contributed by atoms with Crippen LogP contribution in [0.3, 0.4) is 0 Å². The summed E-state index contributed by atoms with van der Waals surface area (Å²) in [4.78, 5) is 12.5. The van der Waals surface area contributed by atoms with Crippen LogP contribution in [0, 0.1) is 0 Å². The van der Waals surface area contributed by atoms with Crippen molar-refractivity contribution < 1.29 is 38.3 Å². The molecule has 2 aliphatic heterocycles. The molecule has 0 radical (unpaired) electrons. The molecule has 3 aromatic carbocycles. The van der Waals surface area contributed by atoms with E-state index in [1.54, 1.807) is 24.3 Å². The van der Waals surface area contributed by atoms with Gasteiger partial charge in [0.2, 0.25) is 0 Å². The normalized spacial score (nSPS) is 26.4. The predicted molar refractivity (Wildman–Crippen MR) is 151 cm³/mol. The highest BCUT2D eigenvalue weighted by molar-refractivity contribution is 5.89. The van der Waals surface area contributed by atoms with Gasteiger partial charge in [0, 0.05) is 12.8 Å². The lowest BCUT2D eigenvalue weighted by molar-refractivity contribution is -0.291. The Kier molecular flexibility index (Phi) is 10.9. The van der Waals surface area contributed by atoms with E-state index in [0.717, 1.165) is 17.5 Å². The highest BCUT2D eigenvalue weighted by Gasteiger charge is 2.38. The first-order chi connectivity index (χ1) is 20.1. The number of hydrogen-bond acceptors (Lipinski definition) is 8. The summed E-state index contributed by atoms with van der Waals surface area (Å²) in [5, 5.41) is 10.1. The molecular weight excluding hydrogens is 524 g/mol. The molecule has 0 bridgehead atoms. The van der Waals surface area contributed by atoms with E-state index in [1.165, 1.54) is 0 Å². The van der Waals surface area contributed by atoms with Crippen LogP contribution in [0.25, 0.3) is 0 Å². The molecule has 2 heterocycles. The van der Waals surface area contributed by atoms with Gasteiger partial charge < -0.3 is 33.5 Å². The largest absolute Gasteiger partial charge is 0.459 e. The second kappa shape index (κ2) is 15.2. The molecule has 2 fully saturated rings. The third kappa shape index (κ3) is 8.94. The van der Waals surface area contributed by atoms with Gasteiger partial charge in [0.05, 0.1) is 37.6 Å². The van der Waals surface area contributed by atoms with Crippen molar-refractivity contribution in [3.8, 4) is 0 Å². The Hall–Kier alpha value is -3.11. The number of rotatable bonds is 12. The Labute approximate surface area is 241 Å². The Balaban J connectivity index is 1.18. The number of ether oxygens (including phenoxy) is 6. The molecule has 8 nitrogen and oxygen atoms in total. The van der Waals surface area contributed by atoms with Gasteiger partial charge in [-0.2, -0.15) is 0 Å². The Morgan fingerprint density at radius 1 is 0.707 bits per heavy atom. The van der Waals surface area contributed by atoms with Gasteiger partial charge in [-0.15, -0.1) is 0 Å². The van der Waals surface area contributed by atoms with Crippen LogP contribution in [0.1, 0.15) is 47.2 Å². The van der Waals surface area contributed by atoms with Gasteiger partial charge in [-0.3, -0.25) is 0 Å². The molecule has 2 saturated heterocycles. The van der Waals surface area contributed by atoms with Crippen molar-refractivity contribution in [3.63, 3.8) is 0 Å². The average molecular weight is 563 g/mol. The first-order valence-corrected chi connectivity index (χ1v) is 14.3. The molecule has 8 heteroatoms. The molecule has 0 aliphatic carbocycles. The summed E-state index contributed by atoms with van der Waals surface area (Å²) < 4.78 is 36.3. The zero-order chi connectivity index (χ0) is 28.3. The van der Waals surface area contributed by atoms with Crippen LogP contribution < -0.4 is 0 Å². The summed E-state index contributed by atoms with van der Waals surface area (Å²) >= 11 is 0. The number of hydrogen-bond donors (Lipinski definition) is 1. The average Bonchev–Trinajstić information content (AvgIpc) is 3.02. The van der Waals surface area contributed by atoms with Crippen molar-refractivity contribution in [2.24, 2.45) is 0 Å². The first-order valence-electron chi connectivity index (χ1n) is 14.3.